The Kier molecular flexibility index (Phi) is 9.37. The van der Waals surface area contributed by atoms with Gasteiger partial charge in [0.15, 0.2) is 0 Å². The van der Waals surface area contributed by atoms with Crippen LogP contribution in [0.3, 0.4) is 0 Å². The Morgan fingerprint density at radius 1 is 0.560 bits per heavy atom. The fourth-order valence-corrected chi connectivity index (χ4v) is 3.97. The molecule has 3 unspecified atom stereocenters. The number of hydrogen-bond donors (Lipinski definition) is 6. The molecule has 0 aromatic heterocycles. The lowest BCUT2D eigenvalue weighted by atomic mass is 9.90. The molecule has 151 valence electrons. The van der Waals surface area contributed by atoms with Gasteiger partial charge in [-0.25, -0.2) is 0 Å². The fourth-order valence-electron chi connectivity index (χ4n) is 2.16. The van der Waals surface area contributed by atoms with Gasteiger partial charge in [0.2, 0.25) is 0 Å². The first-order valence-corrected chi connectivity index (χ1v) is 11.5. The van der Waals surface area contributed by atoms with E-state index >= 15 is 0 Å². The van der Waals surface area contributed by atoms with Crippen molar-refractivity contribution < 1.29 is 54.2 Å². The van der Waals surface area contributed by atoms with E-state index in [2.05, 4.69) is 0 Å². The molecule has 0 aliphatic heterocycles. The summed E-state index contributed by atoms with van der Waals surface area (Å²) in [4.78, 5) is 0. The van der Waals surface area contributed by atoms with Gasteiger partial charge in [0.25, 0.3) is 30.4 Å². The molecule has 0 rings (SSSR count). The average Bonchev–Trinajstić information content (AvgIpc) is 2.18. The standard InChI is InChI=1S/C10H21O12S3/c11-8(4-23(14,15)16)1-7(2-9(12)5-24(17,18)19)3-10(13)6-25(20,21)22/h8-13H,1-6H2,(H,14,15,16)(H,17,18,19)(H,20,21,22). The molecule has 0 aliphatic rings. The fraction of sp³-hybridized carbons (Fsp3) is 0.900. The second kappa shape index (κ2) is 9.52. The van der Waals surface area contributed by atoms with Gasteiger partial charge in [-0.1, -0.05) is 0 Å². The third-order valence-electron chi connectivity index (χ3n) is 2.78. The summed E-state index contributed by atoms with van der Waals surface area (Å²) >= 11 is 0. The van der Waals surface area contributed by atoms with E-state index in [1.54, 1.807) is 0 Å². The Hall–Kier alpha value is -0.390. The molecule has 6 N–H and O–H groups in total. The molecule has 25 heavy (non-hydrogen) atoms. The molecule has 0 aromatic rings. The minimum atomic E-state index is -4.54. The monoisotopic (exact) mass is 429 g/mol. The number of rotatable bonds is 12. The van der Waals surface area contributed by atoms with Crippen LogP contribution < -0.4 is 0 Å². The quantitative estimate of drug-likeness (QED) is 0.177. The summed E-state index contributed by atoms with van der Waals surface area (Å²) in [5.74, 6) is -3.29. The van der Waals surface area contributed by atoms with E-state index in [1.165, 1.54) is 0 Å². The van der Waals surface area contributed by atoms with Crippen LogP contribution in [-0.4, -0.2) is 89.8 Å². The molecular weight excluding hydrogens is 408 g/mol. The van der Waals surface area contributed by atoms with E-state index < -0.39 is 85.2 Å². The van der Waals surface area contributed by atoms with Gasteiger partial charge >= 0.3 is 0 Å². The molecule has 0 fully saturated rings. The zero-order valence-electron chi connectivity index (χ0n) is 12.8. The third-order valence-corrected chi connectivity index (χ3v) is 5.20. The molecule has 0 saturated carbocycles. The molecule has 0 heterocycles. The Morgan fingerprint density at radius 3 is 0.920 bits per heavy atom. The van der Waals surface area contributed by atoms with Gasteiger partial charge in [-0.15, -0.1) is 0 Å². The maximum atomic E-state index is 10.7. The lowest BCUT2D eigenvalue weighted by Gasteiger charge is -2.23. The highest BCUT2D eigenvalue weighted by Gasteiger charge is 2.27. The van der Waals surface area contributed by atoms with Crippen LogP contribution in [0.4, 0.5) is 0 Å². The van der Waals surface area contributed by atoms with Crippen molar-refractivity contribution in [1.29, 1.82) is 0 Å². The number of aliphatic hydroxyl groups excluding tert-OH is 3. The van der Waals surface area contributed by atoms with Crippen molar-refractivity contribution in [3.63, 3.8) is 0 Å². The van der Waals surface area contributed by atoms with Crippen molar-refractivity contribution in [2.45, 2.75) is 37.6 Å². The van der Waals surface area contributed by atoms with Gasteiger partial charge in [0.05, 0.1) is 18.3 Å². The Morgan fingerprint density at radius 2 is 0.760 bits per heavy atom. The SMILES string of the molecule is O=S(=O)(O)CC(O)C[C](CC(O)CS(=O)(=O)O)CC(O)CS(=O)(=O)O. The summed E-state index contributed by atoms with van der Waals surface area (Å²) in [6, 6.07) is 0. The predicted molar refractivity (Wildman–Crippen MR) is 84.4 cm³/mol. The van der Waals surface area contributed by atoms with Crippen LogP contribution in [0.2, 0.25) is 0 Å². The second-order valence-corrected chi connectivity index (χ2v) is 10.1. The minimum Gasteiger partial charge on any atom is -0.392 e. The van der Waals surface area contributed by atoms with Crippen LogP contribution in [0.1, 0.15) is 19.3 Å². The van der Waals surface area contributed by atoms with Gasteiger partial charge in [0.1, 0.15) is 17.3 Å². The van der Waals surface area contributed by atoms with Gasteiger partial charge in [0, 0.05) is 0 Å². The minimum absolute atomic E-state index is 0.0385. The van der Waals surface area contributed by atoms with Crippen molar-refractivity contribution in [3.05, 3.63) is 5.92 Å². The van der Waals surface area contributed by atoms with E-state index in [9.17, 15) is 40.6 Å². The molecule has 0 aliphatic carbocycles. The summed E-state index contributed by atoms with van der Waals surface area (Å²) in [5.41, 5.74) is 0. The van der Waals surface area contributed by atoms with E-state index in [1.807, 2.05) is 0 Å². The first-order valence-electron chi connectivity index (χ1n) is 6.70. The van der Waals surface area contributed by atoms with Crippen LogP contribution in [0.15, 0.2) is 0 Å². The van der Waals surface area contributed by atoms with E-state index in [-0.39, 0.29) is 5.92 Å². The molecule has 12 nitrogen and oxygen atoms in total. The van der Waals surface area contributed by atoms with Crippen LogP contribution in [0, 0.1) is 5.92 Å². The Bertz CT molecular complexity index is 610. The molecular formula is C10H21O12S3. The zero-order valence-corrected chi connectivity index (χ0v) is 15.3. The first kappa shape index (κ1) is 24.6. The van der Waals surface area contributed by atoms with Crippen LogP contribution in [0.5, 0.6) is 0 Å². The molecule has 0 spiro atoms. The molecule has 0 bridgehead atoms. The summed E-state index contributed by atoms with van der Waals surface area (Å²) < 4.78 is 90.2. The average molecular weight is 429 g/mol. The Labute approximate surface area is 145 Å². The normalized spacial score (nSPS) is 17.4. The van der Waals surface area contributed by atoms with Crippen molar-refractivity contribution in [2.75, 3.05) is 17.3 Å². The molecule has 0 saturated heterocycles. The van der Waals surface area contributed by atoms with Crippen molar-refractivity contribution in [3.8, 4) is 0 Å². The zero-order chi connectivity index (χ0) is 20.1. The highest BCUT2D eigenvalue weighted by Crippen LogP contribution is 2.24. The maximum Gasteiger partial charge on any atom is 0.267 e. The largest absolute Gasteiger partial charge is 0.392 e. The van der Waals surface area contributed by atoms with Crippen LogP contribution in [0.25, 0.3) is 0 Å². The van der Waals surface area contributed by atoms with E-state index in [0.717, 1.165) is 0 Å². The highest BCUT2D eigenvalue weighted by atomic mass is 32.2. The van der Waals surface area contributed by atoms with E-state index in [4.69, 9.17) is 13.7 Å². The summed E-state index contributed by atoms with van der Waals surface area (Å²) in [6.07, 6.45) is -6.61. The number of aliphatic hydroxyl groups is 3. The molecule has 3 atom stereocenters. The third kappa shape index (κ3) is 15.6. The second-order valence-electron chi connectivity index (χ2n) is 5.57. The van der Waals surface area contributed by atoms with Gasteiger partial charge in [-0.05, 0) is 25.2 Å². The lowest BCUT2D eigenvalue weighted by molar-refractivity contribution is 0.140. The van der Waals surface area contributed by atoms with Crippen molar-refractivity contribution in [2.24, 2.45) is 0 Å². The van der Waals surface area contributed by atoms with Crippen molar-refractivity contribution >= 4 is 30.4 Å². The predicted octanol–water partition coefficient (Wildman–Crippen LogP) is -2.52. The smallest absolute Gasteiger partial charge is 0.267 e. The lowest BCUT2D eigenvalue weighted by Crippen LogP contribution is -2.30. The highest BCUT2D eigenvalue weighted by molar-refractivity contribution is 7.86. The van der Waals surface area contributed by atoms with Crippen LogP contribution in [-0.2, 0) is 30.4 Å². The van der Waals surface area contributed by atoms with Crippen molar-refractivity contribution in [1.82, 2.24) is 0 Å². The van der Waals surface area contributed by atoms with Gasteiger partial charge in [-0.3, -0.25) is 13.7 Å². The van der Waals surface area contributed by atoms with Gasteiger partial charge < -0.3 is 15.3 Å². The van der Waals surface area contributed by atoms with E-state index in [0.29, 0.717) is 0 Å². The molecule has 15 heteroatoms. The summed E-state index contributed by atoms with van der Waals surface area (Å²) in [6.45, 7) is 0. The number of hydrogen-bond acceptors (Lipinski definition) is 9. The topological polar surface area (TPSA) is 224 Å². The molecule has 0 aromatic carbocycles. The molecule has 1 radical (unpaired) electrons. The first-order chi connectivity index (χ1) is 11.0. The maximum absolute atomic E-state index is 10.7. The summed E-state index contributed by atoms with van der Waals surface area (Å²) in [5, 5.41) is 28.8. The van der Waals surface area contributed by atoms with Gasteiger partial charge in [-0.2, -0.15) is 25.3 Å². The molecule has 0 amide bonds. The Balaban J connectivity index is 5.03. The van der Waals surface area contributed by atoms with Crippen LogP contribution >= 0.6 is 0 Å². The summed E-state index contributed by atoms with van der Waals surface area (Å²) in [7, 11) is -13.6.